The van der Waals surface area contributed by atoms with Gasteiger partial charge >= 0.3 is 0 Å². The van der Waals surface area contributed by atoms with Crippen LogP contribution in [-0.2, 0) is 17.6 Å². The Balaban J connectivity index is 1.68. The van der Waals surface area contributed by atoms with Crippen molar-refractivity contribution >= 4 is 16.9 Å². The summed E-state index contributed by atoms with van der Waals surface area (Å²) in [6.45, 7) is 6.22. The van der Waals surface area contributed by atoms with E-state index in [9.17, 15) is 4.79 Å². The number of furan rings is 1. The van der Waals surface area contributed by atoms with Crippen LogP contribution >= 0.6 is 0 Å². The number of hydrogen-bond acceptors (Lipinski definition) is 3. The van der Waals surface area contributed by atoms with Gasteiger partial charge in [-0.2, -0.15) is 0 Å². The van der Waals surface area contributed by atoms with Gasteiger partial charge in [-0.3, -0.25) is 4.79 Å². The van der Waals surface area contributed by atoms with Crippen molar-refractivity contribution in [3.63, 3.8) is 0 Å². The normalized spacial score (nSPS) is 15.5. The number of carbonyl (C=O) groups is 1. The second-order valence-electron chi connectivity index (χ2n) is 6.76. The summed E-state index contributed by atoms with van der Waals surface area (Å²) in [6.07, 6.45) is 4.50. The van der Waals surface area contributed by atoms with Crippen LogP contribution < -0.4 is 10.1 Å². The van der Waals surface area contributed by atoms with E-state index in [0.29, 0.717) is 5.92 Å². The molecule has 0 saturated carbocycles. The Morgan fingerprint density at radius 2 is 2.04 bits per heavy atom. The topological polar surface area (TPSA) is 51.5 Å². The van der Waals surface area contributed by atoms with Crippen LogP contribution in [-0.4, -0.2) is 18.6 Å². The molecule has 1 atom stereocenters. The van der Waals surface area contributed by atoms with Gasteiger partial charge in [-0.1, -0.05) is 13.8 Å². The first-order valence-electron chi connectivity index (χ1n) is 8.51. The van der Waals surface area contributed by atoms with Gasteiger partial charge in [0, 0.05) is 23.4 Å². The molecular formula is C19H25NO3. The lowest BCUT2D eigenvalue weighted by Gasteiger charge is -2.17. The Labute approximate surface area is 137 Å². The van der Waals surface area contributed by atoms with E-state index in [-0.39, 0.29) is 18.6 Å². The molecule has 0 radical (unpaired) electrons. The fraction of sp³-hybridized carbons (Fsp3) is 0.526. The van der Waals surface area contributed by atoms with Gasteiger partial charge in [0.25, 0.3) is 5.91 Å². The van der Waals surface area contributed by atoms with Crippen LogP contribution in [0.5, 0.6) is 5.75 Å². The third kappa shape index (κ3) is 3.52. The van der Waals surface area contributed by atoms with Gasteiger partial charge in [-0.25, -0.2) is 0 Å². The molecule has 4 nitrogen and oxygen atoms in total. The minimum Gasteiger partial charge on any atom is -0.484 e. The number of amides is 1. The van der Waals surface area contributed by atoms with Crippen LogP contribution in [0.15, 0.2) is 22.6 Å². The van der Waals surface area contributed by atoms with Crippen molar-refractivity contribution in [2.24, 2.45) is 5.92 Å². The van der Waals surface area contributed by atoms with Gasteiger partial charge in [-0.15, -0.1) is 0 Å². The van der Waals surface area contributed by atoms with Crippen molar-refractivity contribution in [1.82, 2.24) is 5.32 Å². The number of hydrogen-bond donors (Lipinski definition) is 1. The zero-order valence-corrected chi connectivity index (χ0v) is 14.1. The summed E-state index contributed by atoms with van der Waals surface area (Å²) in [5.74, 6) is 2.17. The number of nitrogens with one attached hydrogen (secondary N) is 1. The average molecular weight is 315 g/mol. The van der Waals surface area contributed by atoms with Crippen molar-refractivity contribution in [3.05, 3.63) is 29.5 Å². The van der Waals surface area contributed by atoms with Gasteiger partial charge < -0.3 is 14.5 Å². The third-order valence-electron chi connectivity index (χ3n) is 4.69. The SMILES string of the molecule is CC(C)C(C)NC(=O)COc1ccc2oc3c(c2c1)CCCC3. The van der Waals surface area contributed by atoms with Crippen molar-refractivity contribution in [2.45, 2.75) is 52.5 Å². The van der Waals surface area contributed by atoms with E-state index in [0.717, 1.165) is 35.3 Å². The molecule has 0 bridgehead atoms. The molecule has 1 aliphatic carbocycles. The Hall–Kier alpha value is -1.97. The van der Waals surface area contributed by atoms with E-state index in [1.807, 2.05) is 25.1 Å². The Kier molecular flexibility index (Phi) is 4.60. The Morgan fingerprint density at radius 1 is 1.26 bits per heavy atom. The molecule has 1 aromatic heterocycles. The molecule has 1 heterocycles. The van der Waals surface area contributed by atoms with E-state index >= 15 is 0 Å². The van der Waals surface area contributed by atoms with Crippen LogP contribution in [0.25, 0.3) is 11.0 Å². The summed E-state index contributed by atoms with van der Waals surface area (Å²) < 4.78 is 11.6. The molecule has 23 heavy (non-hydrogen) atoms. The monoisotopic (exact) mass is 315 g/mol. The summed E-state index contributed by atoms with van der Waals surface area (Å²) in [4.78, 5) is 11.9. The minimum atomic E-state index is -0.0829. The molecule has 124 valence electrons. The zero-order valence-electron chi connectivity index (χ0n) is 14.1. The quantitative estimate of drug-likeness (QED) is 0.911. The number of aryl methyl sites for hydroxylation is 2. The molecule has 0 spiro atoms. The largest absolute Gasteiger partial charge is 0.484 e. The van der Waals surface area contributed by atoms with Gasteiger partial charge in [0.05, 0.1) is 0 Å². The van der Waals surface area contributed by atoms with Gasteiger partial charge in [0.2, 0.25) is 0 Å². The summed E-state index contributed by atoms with van der Waals surface area (Å²) in [7, 11) is 0. The standard InChI is InChI=1S/C19H25NO3/c1-12(2)13(3)20-19(21)11-22-14-8-9-18-16(10-14)15-6-4-5-7-17(15)23-18/h8-10,12-13H,4-7,11H2,1-3H3,(H,20,21). The highest BCUT2D eigenvalue weighted by Gasteiger charge is 2.18. The molecule has 2 aromatic rings. The van der Waals surface area contributed by atoms with Crippen LogP contribution in [0, 0.1) is 5.92 Å². The fourth-order valence-corrected chi connectivity index (χ4v) is 2.94. The molecule has 1 N–H and O–H groups in total. The molecule has 1 unspecified atom stereocenters. The molecule has 0 aliphatic heterocycles. The van der Waals surface area contributed by atoms with Crippen molar-refractivity contribution in [3.8, 4) is 5.75 Å². The molecule has 1 amide bonds. The summed E-state index contributed by atoms with van der Waals surface area (Å²) in [5.41, 5.74) is 2.23. The van der Waals surface area contributed by atoms with Crippen molar-refractivity contribution < 1.29 is 13.9 Å². The summed E-state index contributed by atoms with van der Waals surface area (Å²) in [5, 5.41) is 4.08. The van der Waals surface area contributed by atoms with Gasteiger partial charge in [0.1, 0.15) is 17.1 Å². The number of fused-ring (bicyclic) bond motifs is 3. The average Bonchev–Trinajstić information content (AvgIpc) is 2.90. The minimum absolute atomic E-state index is 0.0443. The molecule has 0 saturated heterocycles. The highest BCUT2D eigenvalue weighted by Crippen LogP contribution is 2.33. The number of benzene rings is 1. The number of rotatable bonds is 5. The van der Waals surface area contributed by atoms with Gasteiger partial charge in [0.15, 0.2) is 6.61 Å². The predicted molar refractivity (Wildman–Crippen MR) is 90.8 cm³/mol. The molecule has 4 heteroatoms. The third-order valence-corrected chi connectivity index (χ3v) is 4.69. The fourth-order valence-electron chi connectivity index (χ4n) is 2.94. The first-order valence-corrected chi connectivity index (χ1v) is 8.51. The highest BCUT2D eigenvalue weighted by atomic mass is 16.5. The maximum absolute atomic E-state index is 11.9. The zero-order chi connectivity index (χ0) is 16.4. The molecule has 1 aromatic carbocycles. The first-order chi connectivity index (χ1) is 11.0. The Morgan fingerprint density at radius 3 is 2.83 bits per heavy atom. The first kappa shape index (κ1) is 15.9. The predicted octanol–water partition coefficient (Wildman–Crippen LogP) is 3.85. The molecule has 3 rings (SSSR count). The van der Waals surface area contributed by atoms with Crippen LogP contribution in [0.1, 0.15) is 44.9 Å². The van der Waals surface area contributed by atoms with E-state index < -0.39 is 0 Å². The second kappa shape index (κ2) is 6.65. The summed E-state index contributed by atoms with van der Waals surface area (Å²) >= 11 is 0. The molecule has 1 aliphatic rings. The lowest BCUT2D eigenvalue weighted by molar-refractivity contribution is -0.124. The van der Waals surface area contributed by atoms with Crippen molar-refractivity contribution in [2.75, 3.05) is 6.61 Å². The second-order valence-corrected chi connectivity index (χ2v) is 6.76. The van der Waals surface area contributed by atoms with Crippen LogP contribution in [0.2, 0.25) is 0 Å². The van der Waals surface area contributed by atoms with Gasteiger partial charge in [-0.05, 0) is 50.3 Å². The molecule has 0 fully saturated rings. The lowest BCUT2D eigenvalue weighted by atomic mass is 9.96. The maximum Gasteiger partial charge on any atom is 0.258 e. The van der Waals surface area contributed by atoms with Crippen molar-refractivity contribution in [1.29, 1.82) is 0 Å². The van der Waals surface area contributed by atoms with E-state index in [1.54, 1.807) is 0 Å². The van der Waals surface area contributed by atoms with Crippen LogP contribution in [0.3, 0.4) is 0 Å². The van der Waals surface area contributed by atoms with E-state index in [2.05, 4.69) is 19.2 Å². The van der Waals surface area contributed by atoms with E-state index in [1.165, 1.54) is 18.4 Å². The smallest absolute Gasteiger partial charge is 0.258 e. The van der Waals surface area contributed by atoms with Crippen LogP contribution in [0.4, 0.5) is 0 Å². The lowest BCUT2D eigenvalue weighted by Crippen LogP contribution is -2.38. The van der Waals surface area contributed by atoms with E-state index in [4.69, 9.17) is 9.15 Å². The summed E-state index contributed by atoms with van der Waals surface area (Å²) in [6, 6.07) is 5.96. The number of ether oxygens (including phenoxy) is 1. The number of carbonyl (C=O) groups excluding carboxylic acids is 1. The highest BCUT2D eigenvalue weighted by molar-refractivity contribution is 5.84. The molecular weight excluding hydrogens is 290 g/mol. The Bertz CT molecular complexity index is 702. The maximum atomic E-state index is 11.9.